The van der Waals surface area contributed by atoms with Gasteiger partial charge in [-0.05, 0) is 38.1 Å². The highest BCUT2D eigenvalue weighted by atomic mass is 15.2. The predicted molar refractivity (Wildman–Crippen MR) is 95.6 cm³/mol. The molecule has 0 saturated heterocycles. The Kier molecular flexibility index (Phi) is 4.52. The number of rotatable bonds is 5. The Morgan fingerprint density at radius 3 is 2.22 bits per heavy atom. The molecule has 0 aliphatic rings. The topological polar surface area (TPSA) is 41.0 Å². The SMILES string of the molecule is CCN(c1ccccc1)c1cc(Nc2ccccc2)nc(C)n1. The van der Waals surface area contributed by atoms with E-state index in [0.29, 0.717) is 0 Å². The van der Waals surface area contributed by atoms with Gasteiger partial charge in [0.25, 0.3) is 0 Å². The molecule has 1 aromatic heterocycles. The van der Waals surface area contributed by atoms with Crippen LogP contribution in [0.3, 0.4) is 0 Å². The van der Waals surface area contributed by atoms with Crippen molar-refractivity contribution in [3.63, 3.8) is 0 Å². The third-order valence-electron chi connectivity index (χ3n) is 3.53. The first-order valence-corrected chi connectivity index (χ1v) is 7.76. The van der Waals surface area contributed by atoms with E-state index in [1.165, 1.54) is 0 Å². The van der Waals surface area contributed by atoms with Crippen LogP contribution in [0.25, 0.3) is 0 Å². The van der Waals surface area contributed by atoms with Gasteiger partial charge in [0.1, 0.15) is 17.5 Å². The van der Waals surface area contributed by atoms with Gasteiger partial charge in [-0.1, -0.05) is 36.4 Å². The lowest BCUT2D eigenvalue weighted by Gasteiger charge is -2.23. The zero-order valence-electron chi connectivity index (χ0n) is 13.4. The summed E-state index contributed by atoms with van der Waals surface area (Å²) in [6.45, 7) is 4.87. The molecule has 0 aliphatic heterocycles. The van der Waals surface area contributed by atoms with Crippen LogP contribution in [0, 0.1) is 6.92 Å². The molecule has 0 bridgehead atoms. The fourth-order valence-corrected chi connectivity index (χ4v) is 2.51. The Balaban J connectivity index is 1.93. The molecule has 0 saturated carbocycles. The average Bonchev–Trinajstić information content (AvgIpc) is 2.57. The largest absolute Gasteiger partial charge is 0.340 e. The standard InChI is InChI=1S/C19H20N4/c1-3-23(17-12-8-5-9-13-17)19-14-18(20-15(2)21-19)22-16-10-6-4-7-11-16/h4-14H,3H2,1-2H3,(H,20,21,22). The molecule has 4 nitrogen and oxygen atoms in total. The lowest BCUT2D eigenvalue weighted by molar-refractivity contribution is 0.953. The van der Waals surface area contributed by atoms with Gasteiger partial charge in [-0.15, -0.1) is 0 Å². The smallest absolute Gasteiger partial charge is 0.138 e. The Morgan fingerprint density at radius 2 is 1.57 bits per heavy atom. The molecule has 0 aliphatic carbocycles. The highest BCUT2D eigenvalue weighted by Crippen LogP contribution is 2.26. The minimum Gasteiger partial charge on any atom is -0.340 e. The zero-order valence-corrected chi connectivity index (χ0v) is 13.4. The van der Waals surface area contributed by atoms with Crippen LogP contribution in [0.2, 0.25) is 0 Å². The van der Waals surface area contributed by atoms with Crippen LogP contribution in [-0.4, -0.2) is 16.5 Å². The number of hydrogen-bond acceptors (Lipinski definition) is 4. The maximum atomic E-state index is 4.60. The molecular formula is C19H20N4. The van der Waals surface area contributed by atoms with Crippen molar-refractivity contribution in [3.05, 3.63) is 72.6 Å². The molecular weight excluding hydrogens is 284 g/mol. The van der Waals surface area contributed by atoms with Gasteiger partial charge in [0.2, 0.25) is 0 Å². The second-order valence-corrected chi connectivity index (χ2v) is 5.23. The van der Waals surface area contributed by atoms with Crippen LogP contribution >= 0.6 is 0 Å². The molecule has 0 unspecified atom stereocenters. The fraction of sp³-hybridized carbons (Fsp3) is 0.158. The summed E-state index contributed by atoms with van der Waals surface area (Å²) in [4.78, 5) is 11.3. The van der Waals surface area contributed by atoms with Crippen molar-refractivity contribution >= 4 is 23.0 Å². The number of anilines is 4. The molecule has 2 aromatic carbocycles. The molecule has 1 N–H and O–H groups in total. The van der Waals surface area contributed by atoms with Crippen molar-refractivity contribution in [2.45, 2.75) is 13.8 Å². The van der Waals surface area contributed by atoms with Gasteiger partial charge in [0, 0.05) is 24.0 Å². The first kappa shape index (κ1) is 15.0. The summed E-state index contributed by atoms with van der Waals surface area (Å²) in [5.74, 6) is 2.44. The first-order chi connectivity index (χ1) is 11.3. The van der Waals surface area contributed by atoms with E-state index in [1.54, 1.807) is 0 Å². The van der Waals surface area contributed by atoms with Crippen LogP contribution in [0.1, 0.15) is 12.7 Å². The van der Waals surface area contributed by atoms with E-state index in [1.807, 2.05) is 61.5 Å². The third kappa shape index (κ3) is 3.66. The first-order valence-electron chi connectivity index (χ1n) is 7.76. The van der Waals surface area contributed by atoms with E-state index in [-0.39, 0.29) is 0 Å². The normalized spacial score (nSPS) is 10.3. The summed E-state index contributed by atoms with van der Waals surface area (Å²) in [5, 5.41) is 3.34. The van der Waals surface area contributed by atoms with E-state index in [4.69, 9.17) is 0 Å². The lowest BCUT2D eigenvalue weighted by Crippen LogP contribution is -2.18. The third-order valence-corrected chi connectivity index (χ3v) is 3.53. The molecule has 116 valence electrons. The molecule has 3 aromatic rings. The van der Waals surface area contributed by atoms with Crippen molar-refractivity contribution in [1.29, 1.82) is 0 Å². The molecule has 23 heavy (non-hydrogen) atoms. The number of benzene rings is 2. The average molecular weight is 304 g/mol. The van der Waals surface area contributed by atoms with Gasteiger partial charge in [-0.2, -0.15) is 0 Å². The van der Waals surface area contributed by atoms with Gasteiger partial charge in [0.15, 0.2) is 0 Å². The molecule has 0 spiro atoms. The van der Waals surface area contributed by atoms with Gasteiger partial charge in [-0.25, -0.2) is 9.97 Å². The summed E-state index contributed by atoms with van der Waals surface area (Å²) >= 11 is 0. The number of aryl methyl sites for hydroxylation is 1. The van der Waals surface area contributed by atoms with Crippen LogP contribution in [0.15, 0.2) is 66.7 Å². The minimum atomic E-state index is 0.746. The Labute approximate surface area is 136 Å². The molecule has 3 rings (SSSR count). The summed E-state index contributed by atoms with van der Waals surface area (Å²) < 4.78 is 0. The predicted octanol–water partition coefficient (Wildman–Crippen LogP) is 4.69. The lowest BCUT2D eigenvalue weighted by atomic mass is 10.2. The van der Waals surface area contributed by atoms with E-state index in [9.17, 15) is 0 Å². The number of aromatic nitrogens is 2. The molecule has 1 heterocycles. The van der Waals surface area contributed by atoms with Crippen molar-refractivity contribution < 1.29 is 0 Å². The Morgan fingerprint density at radius 1 is 0.913 bits per heavy atom. The number of hydrogen-bond donors (Lipinski definition) is 1. The molecule has 0 atom stereocenters. The molecule has 0 amide bonds. The van der Waals surface area contributed by atoms with Crippen molar-refractivity contribution in [2.24, 2.45) is 0 Å². The van der Waals surface area contributed by atoms with Crippen LogP contribution in [-0.2, 0) is 0 Å². The quantitative estimate of drug-likeness (QED) is 0.742. The summed E-state index contributed by atoms with van der Waals surface area (Å²) in [5.41, 5.74) is 2.14. The highest BCUT2D eigenvalue weighted by Gasteiger charge is 2.11. The van der Waals surface area contributed by atoms with E-state index in [0.717, 1.165) is 35.4 Å². The van der Waals surface area contributed by atoms with E-state index < -0.39 is 0 Å². The van der Waals surface area contributed by atoms with Gasteiger partial charge >= 0.3 is 0 Å². The molecule has 0 fully saturated rings. The minimum absolute atomic E-state index is 0.746. The fourth-order valence-electron chi connectivity index (χ4n) is 2.51. The highest BCUT2D eigenvalue weighted by molar-refractivity contribution is 5.65. The Hall–Kier alpha value is -2.88. The van der Waals surface area contributed by atoms with E-state index >= 15 is 0 Å². The van der Waals surface area contributed by atoms with Crippen molar-refractivity contribution in [2.75, 3.05) is 16.8 Å². The number of para-hydroxylation sites is 2. The van der Waals surface area contributed by atoms with Crippen LogP contribution < -0.4 is 10.2 Å². The summed E-state index contributed by atoms with van der Waals surface area (Å²) in [6.07, 6.45) is 0. The van der Waals surface area contributed by atoms with Crippen LogP contribution in [0.5, 0.6) is 0 Å². The van der Waals surface area contributed by atoms with Gasteiger partial charge < -0.3 is 10.2 Å². The van der Waals surface area contributed by atoms with Gasteiger partial charge in [0.05, 0.1) is 0 Å². The number of nitrogens with one attached hydrogen (secondary N) is 1. The van der Waals surface area contributed by atoms with Gasteiger partial charge in [-0.3, -0.25) is 0 Å². The second-order valence-electron chi connectivity index (χ2n) is 5.23. The van der Waals surface area contributed by atoms with E-state index in [2.05, 4.69) is 39.2 Å². The van der Waals surface area contributed by atoms with Crippen LogP contribution in [0.4, 0.5) is 23.0 Å². The monoisotopic (exact) mass is 304 g/mol. The maximum Gasteiger partial charge on any atom is 0.138 e. The maximum absolute atomic E-state index is 4.60. The number of nitrogens with zero attached hydrogens (tertiary/aromatic N) is 3. The Bertz CT molecular complexity index is 757. The molecule has 4 heteroatoms. The van der Waals surface area contributed by atoms with Crippen molar-refractivity contribution in [1.82, 2.24) is 9.97 Å². The molecule has 0 radical (unpaired) electrons. The summed E-state index contributed by atoms with van der Waals surface area (Å²) in [7, 11) is 0. The summed E-state index contributed by atoms with van der Waals surface area (Å²) in [6, 6.07) is 22.3. The second kappa shape index (κ2) is 6.92. The zero-order chi connectivity index (χ0) is 16.1. The van der Waals surface area contributed by atoms with Crippen molar-refractivity contribution in [3.8, 4) is 0 Å².